The molecular formula is C14H20N2O3S. The summed E-state index contributed by atoms with van der Waals surface area (Å²) >= 11 is 4.07. The number of thiol groups is 1. The molecule has 0 aliphatic rings. The largest absolute Gasteiger partial charge is 0.497 e. The Hall–Kier alpha value is -1.69. The average Bonchev–Trinajstić information content (AvgIpc) is 2.44. The van der Waals surface area contributed by atoms with Gasteiger partial charge in [0.15, 0.2) is 0 Å². The van der Waals surface area contributed by atoms with E-state index in [0.29, 0.717) is 0 Å². The minimum atomic E-state index is -0.628. The van der Waals surface area contributed by atoms with Gasteiger partial charge < -0.3 is 15.4 Å². The van der Waals surface area contributed by atoms with Crippen LogP contribution in [0, 0.1) is 0 Å². The predicted octanol–water partition coefficient (Wildman–Crippen LogP) is 1.31. The number of carbonyl (C=O) groups is 2. The van der Waals surface area contributed by atoms with Crippen LogP contribution in [-0.2, 0) is 9.59 Å². The van der Waals surface area contributed by atoms with Crippen LogP contribution in [0.15, 0.2) is 24.3 Å². The fourth-order valence-corrected chi connectivity index (χ4v) is 1.99. The number of ether oxygens (including phenoxy) is 1. The highest BCUT2D eigenvalue weighted by molar-refractivity contribution is 7.80. The molecule has 5 nitrogen and oxygen atoms in total. The second-order valence-corrected chi connectivity index (χ2v) is 4.80. The molecule has 20 heavy (non-hydrogen) atoms. The lowest BCUT2D eigenvalue weighted by Crippen LogP contribution is -2.47. The summed E-state index contributed by atoms with van der Waals surface area (Å²) in [5.41, 5.74) is 0.958. The lowest BCUT2D eigenvalue weighted by molar-refractivity contribution is -0.127. The minimum Gasteiger partial charge on any atom is -0.497 e. The molecule has 110 valence electrons. The number of carbonyl (C=O) groups excluding carboxylic acids is 2. The van der Waals surface area contributed by atoms with E-state index in [1.54, 1.807) is 7.11 Å². The third kappa shape index (κ3) is 4.77. The van der Waals surface area contributed by atoms with Gasteiger partial charge in [0, 0.05) is 12.7 Å². The first kappa shape index (κ1) is 16.4. The van der Waals surface area contributed by atoms with Crippen LogP contribution >= 0.6 is 12.6 Å². The maximum Gasteiger partial charge on any atom is 0.243 e. The van der Waals surface area contributed by atoms with Gasteiger partial charge in [0.2, 0.25) is 11.8 Å². The SMILES string of the molecule is COc1ccc(C(C)NC(=O)C(CS)NC(C)=O)cc1. The molecule has 0 aromatic heterocycles. The lowest BCUT2D eigenvalue weighted by atomic mass is 10.1. The molecule has 0 aliphatic heterocycles. The van der Waals surface area contributed by atoms with Gasteiger partial charge in [-0.1, -0.05) is 12.1 Å². The van der Waals surface area contributed by atoms with E-state index < -0.39 is 6.04 Å². The highest BCUT2D eigenvalue weighted by Gasteiger charge is 2.19. The lowest BCUT2D eigenvalue weighted by Gasteiger charge is -2.20. The zero-order valence-electron chi connectivity index (χ0n) is 11.8. The quantitative estimate of drug-likeness (QED) is 0.693. The fourth-order valence-electron chi connectivity index (χ4n) is 1.73. The molecule has 0 spiro atoms. The number of rotatable bonds is 6. The Labute approximate surface area is 124 Å². The molecule has 2 atom stereocenters. The van der Waals surface area contributed by atoms with Crippen LogP contribution in [-0.4, -0.2) is 30.7 Å². The Morgan fingerprint density at radius 1 is 1.25 bits per heavy atom. The number of nitrogens with one attached hydrogen (secondary N) is 2. The van der Waals surface area contributed by atoms with E-state index >= 15 is 0 Å². The van der Waals surface area contributed by atoms with Crippen molar-refractivity contribution in [2.75, 3.05) is 12.9 Å². The molecule has 2 amide bonds. The van der Waals surface area contributed by atoms with E-state index in [1.165, 1.54) is 6.92 Å². The standard InChI is InChI=1S/C14H20N2O3S/c1-9(11-4-6-12(19-3)7-5-11)15-14(18)13(8-20)16-10(2)17/h4-7,9,13,20H,8H2,1-3H3,(H,15,18)(H,16,17). The van der Waals surface area contributed by atoms with E-state index in [-0.39, 0.29) is 23.6 Å². The summed E-state index contributed by atoms with van der Waals surface area (Å²) in [5, 5.41) is 5.40. The topological polar surface area (TPSA) is 67.4 Å². The summed E-state index contributed by atoms with van der Waals surface area (Å²) in [4.78, 5) is 23.0. The molecule has 2 N–H and O–H groups in total. The molecule has 0 aliphatic carbocycles. The van der Waals surface area contributed by atoms with Gasteiger partial charge in [-0.15, -0.1) is 0 Å². The second-order valence-electron chi connectivity index (χ2n) is 4.44. The van der Waals surface area contributed by atoms with Crippen LogP contribution in [0.3, 0.4) is 0 Å². The van der Waals surface area contributed by atoms with Crippen molar-refractivity contribution < 1.29 is 14.3 Å². The number of benzene rings is 1. The smallest absolute Gasteiger partial charge is 0.243 e. The molecule has 0 saturated heterocycles. The zero-order valence-corrected chi connectivity index (χ0v) is 12.7. The Balaban J connectivity index is 2.65. The van der Waals surface area contributed by atoms with Crippen molar-refractivity contribution in [3.8, 4) is 5.75 Å². The number of methoxy groups -OCH3 is 1. The summed E-state index contributed by atoms with van der Waals surface area (Å²) in [5.74, 6) is 0.509. The van der Waals surface area contributed by atoms with Crippen LogP contribution in [0.2, 0.25) is 0 Å². The van der Waals surface area contributed by atoms with Crippen molar-refractivity contribution in [1.29, 1.82) is 0 Å². The molecule has 1 rings (SSSR count). The Morgan fingerprint density at radius 2 is 1.85 bits per heavy atom. The highest BCUT2D eigenvalue weighted by atomic mass is 32.1. The van der Waals surface area contributed by atoms with Gasteiger partial charge in [0.05, 0.1) is 13.2 Å². The third-order valence-electron chi connectivity index (χ3n) is 2.85. The first-order valence-corrected chi connectivity index (χ1v) is 6.93. The summed E-state index contributed by atoms with van der Waals surface area (Å²) in [6.07, 6.45) is 0. The van der Waals surface area contributed by atoms with Gasteiger partial charge in [0.25, 0.3) is 0 Å². The second kappa shape index (κ2) is 7.79. The van der Waals surface area contributed by atoms with E-state index in [2.05, 4.69) is 23.3 Å². The Kier molecular flexibility index (Phi) is 6.38. The summed E-state index contributed by atoms with van der Waals surface area (Å²) in [6.45, 7) is 3.25. The molecule has 1 aromatic rings. The van der Waals surface area contributed by atoms with Crippen molar-refractivity contribution in [3.05, 3.63) is 29.8 Å². The number of amides is 2. The molecular weight excluding hydrogens is 276 g/mol. The normalized spacial score (nSPS) is 13.2. The van der Waals surface area contributed by atoms with Crippen molar-refractivity contribution in [3.63, 3.8) is 0 Å². The van der Waals surface area contributed by atoms with E-state index in [4.69, 9.17) is 4.74 Å². The molecule has 0 heterocycles. The fraction of sp³-hybridized carbons (Fsp3) is 0.429. The van der Waals surface area contributed by atoms with Crippen molar-refractivity contribution in [2.24, 2.45) is 0 Å². The average molecular weight is 296 g/mol. The van der Waals surface area contributed by atoms with Gasteiger partial charge in [-0.3, -0.25) is 9.59 Å². The highest BCUT2D eigenvalue weighted by Crippen LogP contribution is 2.17. The van der Waals surface area contributed by atoms with Crippen LogP contribution in [0.1, 0.15) is 25.5 Å². The summed E-state index contributed by atoms with van der Waals surface area (Å²) in [7, 11) is 1.60. The molecule has 0 radical (unpaired) electrons. The van der Waals surface area contributed by atoms with Gasteiger partial charge in [-0.05, 0) is 24.6 Å². The van der Waals surface area contributed by atoms with Crippen LogP contribution < -0.4 is 15.4 Å². The van der Waals surface area contributed by atoms with Gasteiger partial charge in [0.1, 0.15) is 11.8 Å². The molecule has 1 aromatic carbocycles. The van der Waals surface area contributed by atoms with Crippen LogP contribution in [0.4, 0.5) is 0 Å². The maximum atomic E-state index is 12.0. The monoisotopic (exact) mass is 296 g/mol. The molecule has 2 unspecified atom stereocenters. The summed E-state index contributed by atoms with van der Waals surface area (Å²) in [6, 6.07) is 6.65. The van der Waals surface area contributed by atoms with Crippen LogP contribution in [0.25, 0.3) is 0 Å². The maximum absolute atomic E-state index is 12.0. The Bertz CT molecular complexity index is 462. The van der Waals surface area contributed by atoms with Crippen LogP contribution in [0.5, 0.6) is 5.75 Å². The molecule has 0 fully saturated rings. The molecule has 0 bridgehead atoms. The minimum absolute atomic E-state index is 0.162. The first-order chi connectivity index (χ1) is 9.47. The van der Waals surface area contributed by atoms with Crippen molar-refractivity contribution in [2.45, 2.75) is 25.9 Å². The molecule has 0 saturated carbocycles. The van der Waals surface area contributed by atoms with E-state index in [9.17, 15) is 9.59 Å². The number of hydrogen-bond donors (Lipinski definition) is 3. The van der Waals surface area contributed by atoms with Gasteiger partial charge in [-0.2, -0.15) is 12.6 Å². The summed E-state index contributed by atoms with van der Waals surface area (Å²) < 4.78 is 5.08. The predicted molar refractivity (Wildman–Crippen MR) is 81.0 cm³/mol. The van der Waals surface area contributed by atoms with E-state index in [0.717, 1.165) is 11.3 Å². The van der Waals surface area contributed by atoms with Crippen molar-refractivity contribution >= 4 is 24.4 Å². The van der Waals surface area contributed by atoms with Gasteiger partial charge in [-0.25, -0.2) is 0 Å². The Morgan fingerprint density at radius 3 is 2.30 bits per heavy atom. The number of hydrogen-bond acceptors (Lipinski definition) is 4. The first-order valence-electron chi connectivity index (χ1n) is 6.30. The van der Waals surface area contributed by atoms with Gasteiger partial charge >= 0.3 is 0 Å². The molecule has 6 heteroatoms. The zero-order chi connectivity index (χ0) is 15.1. The van der Waals surface area contributed by atoms with E-state index in [1.807, 2.05) is 31.2 Å². The third-order valence-corrected chi connectivity index (χ3v) is 3.22. The van der Waals surface area contributed by atoms with Crippen molar-refractivity contribution in [1.82, 2.24) is 10.6 Å².